The summed E-state index contributed by atoms with van der Waals surface area (Å²) in [6.45, 7) is 10.5. The van der Waals surface area contributed by atoms with Crippen LogP contribution < -0.4 is 4.74 Å². The molecule has 0 radical (unpaired) electrons. The number of hydrogen-bond acceptors (Lipinski definition) is 4. The average molecular weight is 363 g/mol. The second kappa shape index (κ2) is 9.26. The lowest BCUT2D eigenvalue weighted by Crippen LogP contribution is -2.42. The predicted molar refractivity (Wildman–Crippen MR) is 103 cm³/mol. The van der Waals surface area contributed by atoms with E-state index in [1.54, 1.807) is 7.11 Å². The van der Waals surface area contributed by atoms with E-state index in [0.717, 1.165) is 43.7 Å². The molecule has 146 valence electrons. The first-order valence-corrected chi connectivity index (χ1v) is 9.47. The first-order valence-electron chi connectivity index (χ1n) is 9.47. The van der Waals surface area contributed by atoms with Gasteiger partial charge in [-0.3, -0.25) is 0 Å². The summed E-state index contributed by atoms with van der Waals surface area (Å²) in [6, 6.07) is 6.44. The lowest BCUT2D eigenvalue weighted by molar-refractivity contribution is 0.0184. The minimum atomic E-state index is -0.435. The molecule has 0 spiro atoms. The van der Waals surface area contributed by atoms with E-state index in [0.29, 0.717) is 19.1 Å². The van der Waals surface area contributed by atoms with Crippen molar-refractivity contribution in [2.45, 2.75) is 52.6 Å². The van der Waals surface area contributed by atoms with Crippen molar-refractivity contribution >= 4 is 6.09 Å². The van der Waals surface area contributed by atoms with Crippen LogP contribution in [0.5, 0.6) is 5.75 Å². The van der Waals surface area contributed by atoms with Crippen LogP contribution in [0.3, 0.4) is 0 Å². The van der Waals surface area contributed by atoms with Crippen LogP contribution in [0.4, 0.5) is 4.79 Å². The van der Waals surface area contributed by atoms with Gasteiger partial charge < -0.3 is 19.1 Å². The number of likely N-dealkylation sites (tertiary alicyclic amines) is 1. The maximum atomic E-state index is 12.2. The fourth-order valence-electron chi connectivity index (χ4n) is 3.14. The standard InChI is InChI=1S/C21H33NO4/c1-16-6-7-18(15-19(16)25-13-12-24-5)14-17-8-10-22(11-9-17)20(23)26-21(2,3)4/h6-7,15,17H,8-14H2,1-5H3. The van der Waals surface area contributed by atoms with Crippen molar-refractivity contribution in [3.8, 4) is 5.75 Å². The molecule has 1 aromatic rings. The van der Waals surface area contributed by atoms with E-state index in [1.807, 2.05) is 25.7 Å². The Balaban J connectivity index is 1.85. The van der Waals surface area contributed by atoms with Crippen molar-refractivity contribution in [3.63, 3.8) is 0 Å². The summed E-state index contributed by atoms with van der Waals surface area (Å²) in [4.78, 5) is 14.0. The van der Waals surface area contributed by atoms with Gasteiger partial charge in [0.2, 0.25) is 0 Å². The highest BCUT2D eigenvalue weighted by atomic mass is 16.6. The van der Waals surface area contributed by atoms with Gasteiger partial charge >= 0.3 is 6.09 Å². The molecule has 0 aromatic heterocycles. The molecular formula is C21H33NO4. The van der Waals surface area contributed by atoms with Gasteiger partial charge in [0.05, 0.1) is 6.61 Å². The van der Waals surface area contributed by atoms with Gasteiger partial charge in [0, 0.05) is 20.2 Å². The van der Waals surface area contributed by atoms with Gasteiger partial charge in [-0.25, -0.2) is 4.79 Å². The minimum Gasteiger partial charge on any atom is -0.491 e. The van der Waals surface area contributed by atoms with Crippen LogP contribution in [0, 0.1) is 12.8 Å². The highest BCUT2D eigenvalue weighted by Crippen LogP contribution is 2.26. The quantitative estimate of drug-likeness (QED) is 0.711. The Bertz CT molecular complexity index is 586. The zero-order chi connectivity index (χ0) is 19.2. The molecule has 1 heterocycles. The zero-order valence-electron chi connectivity index (χ0n) is 16.8. The number of piperidine rings is 1. The second-order valence-corrected chi connectivity index (χ2v) is 8.06. The van der Waals surface area contributed by atoms with Crippen molar-refractivity contribution in [1.29, 1.82) is 0 Å². The van der Waals surface area contributed by atoms with Gasteiger partial charge in [0.1, 0.15) is 18.0 Å². The molecular weight excluding hydrogens is 330 g/mol. The number of hydrogen-bond donors (Lipinski definition) is 0. The molecule has 0 N–H and O–H groups in total. The fraction of sp³-hybridized carbons (Fsp3) is 0.667. The Morgan fingerprint density at radius 1 is 1.19 bits per heavy atom. The number of amides is 1. The third-order valence-corrected chi connectivity index (χ3v) is 4.59. The largest absolute Gasteiger partial charge is 0.491 e. The van der Waals surface area contributed by atoms with E-state index < -0.39 is 5.60 Å². The first kappa shape index (κ1) is 20.6. The molecule has 0 saturated carbocycles. The zero-order valence-corrected chi connectivity index (χ0v) is 16.8. The predicted octanol–water partition coefficient (Wildman–Crippen LogP) is 4.21. The lowest BCUT2D eigenvalue weighted by atomic mass is 9.90. The maximum Gasteiger partial charge on any atom is 0.410 e. The van der Waals surface area contributed by atoms with E-state index >= 15 is 0 Å². The number of carbonyl (C=O) groups excluding carboxylic acids is 1. The number of benzene rings is 1. The van der Waals surface area contributed by atoms with Crippen LogP contribution in [0.15, 0.2) is 18.2 Å². The van der Waals surface area contributed by atoms with Crippen molar-refractivity contribution in [3.05, 3.63) is 29.3 Å². The normalized spacial score (nSPS) is 15.8. The number of ether oxygens (including phenoxy) is 3. The molecule has 5 nitrogen and oxygen atoms in total. The van der Waals surface area contributed by atoms with Gasteiger partial charge in [-0.15, -0.1) is 0 Å². The van der Waals surface area contributed by atoms with Crippen LogP contribution in [-0.2, 0) is 15.9 Å². The third-order valence-electron chi connectivity index (χ3n) is 4.59. The van der Waals surface area contributed by atoms with Gasteiger partial charge in [0.15, 0.2) is 0 Å². The minimum absolute atomic E-state index is 0.194. The van der Waals surface area contributed by atoms with Gasteiger partial charge in [-0.1, -0.05) is 12.1 Å². The number of aryl methyl sites for hydroxylation is 1. The van der Waals surface area contributed by atoms with Crippen LogP contribution in [0.1, 0.15) is 44.7 Å². The Kier molecular flexibility index (Phi) is 7.33. The summed E-state index contributed by atoms with van der Waals surface area (Å²) in [6.07, 6.45) is 2.84. The molecule has 2 rings (SSSR count). The van der Waals surface area contributed by atoms with E-state index in [2.05, 4.69) is 25.1 Å². The van der Waals surface area contributed by atoms with Crippen molar-refractivity contribution in [2.75, 3.05) is 33.4 Å². The molecule has 0 aliphatic carbocycles. The van der Waals surface area contributed by atoms with E-state index in [4.69, 9.17) is 14.2 Å². The highest BCUT2D eigenvalue weighted by Gasteiger charge is 2.26. The molecule has 26 heavy (non-hydrogen) atoms. The summed E-state index contributed by atoms with van der Waals surface area (Å²) in [5, 5.41) is 0. The first-order chi connectivity index (χ1) is 12.3. The molecule has 5 heteroatoms. The molecule has 0 bridgehead atoms. The van der Waals surface area contributed by atoms with Crippen molar-refractivity contribution in [1.82, 2.24) is 4.90 Å². The van der Waals surface area contributed by atoms with E-state index in [-0.39, 0.29) is 6.09 Å². The van der Waals surface area contributed by atoms with Gasteiger partial charge in [0.25, 0.3) is 0 Å². The molecule has 1 saturated heterocycles. The summed E-state index contributed by atoms with van der Waals surface area (Å²) < 4.78 is 16.3. The highest BCUT2D eigenvalue weighted by molar-refractivity contribution is 5.68. The van der Waals surface area contributed by atoms with Crippen LogP contribution >= 0.6 is 0 Å². The monoisotopic (exact) mass is 363 g/mol. The number of methoxy groups -OCH3 is 1. The summed E-state index contributed by atoms with van der Waals surface area (Å²) in [5.74, 6) is 1.52. The van der Waals surface area contributed by atoms with Gasteiger partial charge in [-0.05, 0) is 70.1 Å². The topological polar surface area (TPSA) is 48.0 Å². The molecule has 0 atom stereocenters. The molecule has 1 fully saturated rings. The molecule has 0 unspecified atom stereocenters. The Hall–Kier alpha value is -1.75. The lowest BCUT2D eigenvalue weighted by Gasteiger charge is -2.33. The van der Waals surface area contributed by atoms with E-state index in [9.17, 15) is 4.79 Å². The van der Waals surface area contributed by atoms with Gasteiger partial charge in [-0.2, -0.15) is 0 Å². The van der Waals surface area contributed by atoms with Crippen LogP contribution in [0.2, 0.25) is 0 Å². The Morgan fingerprint density at radius 2 is 1.88 bits per heavy atom. The number of rotatable bonds is 6. The molecule has 1 amide bonds. The fourth-order valence-corrected chi connectivity index (χ4v) is 3.14. The summed E-state index contributed by atoms with van der Waals surface area (Å²) in [5.41, 5.74) is 2.00. The summed E-state index contributed by atoms with van der Waals surface area (Å²) >= 11 is 0. The molecule has 1 aromatic carbocycles. The Labute approximate surface area is 157 Å². The molecule has 1 aliphatic heterocycles. The van der Waals surface area contributed by atoms with Crippen LogP contribution in [0.25, 0.3) is 0 Å². The van der Waals surface area contributed by atoms with Crippen molar-refractivity contribution < 1.29 is 19.0 Å². The average Bonchev–Trinajstić information content (AvgIpc) is 2.57. The number of carbonyl (C=O) groups is 1. The smallest absolute Gasteiger partial charge is 0.410 e. The number of nitrogens with zero attached hydrogens (tertiary/aromatic N) is 1. The Morgan fingerprint density at radius 3 is 2.50 bits per heavy atom. The SMILES string of the molecule is COCCOc1cc(CC2CCN(C(=O)OC(C)(C)C)CC2)ccc1C. The third kappa shape index (κ3) is 6.52. The van der Waals surface area contributed by atoms with Crippen molar-refractivity contribution in [2.24, 2.45) is 5.92 Å². The maximum absolute atomic E-state index is 12.2. The molecule has 1 aliphatic rings. The second-order valence-electron chi connectivity index (χ2n) is 8.06. The summed E-state index contributed by atoms with van der Waals surface area (Å²) in [7, 11) is 1.68. The van der Waals surface area contributed by atoms with Crippen LogP contribution in [-0.4, -0.2) is 50.0 Å². The van der Waals surface area contributed by atoms with E-state index in [1.165, 1.54) is 5.56 Å².